The van der Waals surface area contributed by atoms with Crippen molar-refractivity contribution in [2.75, 3.05) is 11.9 Å². The standard InChI is InChI=1S/C24H25N3O6S/c1-18-7-5-6-10-20(18)15-27(16-23(28)26-30)34(31,32)22-13-11-21(12-14-22)25-24(29)33-17-19-8-3-2-4-9-19/h2-14,30H,15-17H2,1H3,(H,25,29)(H,26,28). The summed E-state index contributed by atoms with van der Waals surface area (Å²) in [6.07, 6.45) is -0.680. The Hall–Kier alpha value is -3.73. The van der Waals surface area contributed by atoms with Crippen molar-refractivity contribution in [1.82, 2.24) is 9.79 Å². The van der Waals surface area contributed by atoms with Gasteiger partial charge in [-0.25, -0.2) is 18.7 Å². The molecule has 0 atom stereocenters. The molecule has 0 fully saturated rings. The third kappa shape index (κ3) is 6.64. The lowest BCUT2D eigenvalue weighted by Crippen LogP contribution is -2.39. The largest absolute Gasteiger partial charge is 0.444 e. The first-order chi connectivity index (χ1) is 16.3. The SMILES string of the molecule is Cc1ccccc1CN(CC(=O)NO)S(=O)(=O)c1ccc(NC(=O)OCc2ccccc2)cc1. The van der Waals surface area contributed by atoms with Gasteiger partial charge in [0, 0.05) is 12.2 Å². The van der Waals surface area contributed by atoms with E-state index in [0.717, 1.165) is 21.0 Å². The normalized spacial score (nSPS) is 11.1. The minimum atomic E-state index is -4.10. The molecule has 3 N–H and O–H groups in total. The molecule has 3 aromatic rings. The number of anilines is 1. The van der Waals surface area contributed by atoms with Gasteiger partial charge in [0.15, 0.2) is 0 Å². The predicted octanol–water partition coefficient (Wildman–Crippen LogP) is 3.44. The Labute approximate surface area is 198 Å². The van der Waals surface area contributed by atoms with Crippen LogP contribution in [0.1, 0.15) is 16.7 Å². The molecule has 0 unspecified atom stereocenters. The first-order valence-corrected chi connectivity index (χ1v) is 11.8. The Morgan fingerprint density at radius 3 is 2.24 bits per heavy atom. The summed E-state index contributed by atoms with van der Waals surface area (Å²) in [5.41, 5.74) is 4.22. The quantitative estimate of drug-likeness (QED) is 0.316. The summed E-state index contributed by atoms with van der Waals surface area (Å²) in [7, 11) is -4.10. The molecule has 0 saturated carbocycles. The van der Waals surface area contributed by atoms with E-state index in [1.54, 1.807) is 12.1 Å². The third-order valence-corrected chi connectivity index (χ3v) is 6.81. The molecule has 0 saturated heterocycles. The number of hydrogen-bond acceptors (Lipinski definition) is 6. The number of amides is 2. The fraction of sp³-hybridized carbons (Fsp3) is 0.167. The van der Waals surface area contributed by atoms with Gasteiger partial charge in [0.25, 0.3) is 5.91 Å². The van der Waals surface area contributed by atoms with Crippen LogP contribution in [-0.2, 0) is 32.7 Å². The van der Waals surface area contributed by atoms with E-state index in [2.05, 4.69) is 5.32 Å². The molecule has 9 nitrogen and oxygen atoms in total. The maximum Gasteiger partial charge on any atom is 0.411 e. The highest BCUT2D eigenvalue weighted by atomic mass is 32.2. The van der Waals surface area contributed by atoms with Gasteiger partial charge in [-0.15, -0.1) is 0 Å². The Morgan fingerprint density at radius 2 is 1.59 bits per heavy atom. The van der Waals surface area contributed by atoms with Crippen LogP contribution in [0.4, 0.5) is 10.5 Å². The smallest absolute Gasteiger partial charge is 0.411 e. The molecule has 0 bridgehead atoms. The molecule has 0 heterocycles. The summed E-state index contributed by atoms with van der Waals surface area (Å²) in [6, 6.07) is 21.9. The molecule has 0 aromatic heterocycles. The second-order valence-electron chi connectivity index (χ2n) is 7.45. The number of sulfonamides is 1. The summed E-state index contributed by atoms with van der Waals surface area (Å²) in [4.78, 5) is 23.7. The zero-order valence-electron chi connectivity index (χ0n) is 18.5. The minimum absolute atomic E-state index is 0.0613. The molecule has 2 amide bonds. The number of benzene rings is 3. The van der Waals surface area contributed by atoms with Crippen LogP contribution in [0.25, 0.3) is 0 Å². The van der Waals surface area contributed by atoms with Gasteiger partial charge in [0.1, 0.15) is 6.61 Å². The van der Waals surface area contributed by atoms with Gasteiger partial charge in [0.2, 0.25) is 10.0 Å². The Bertz CT molecular complexity index is 1230. The number of nitrogens with zero attached hydrogens (tertiary/aromatic N) is 1. The lowest BCUT2D eigenvalue weighted by Gasteiger charge is -2.22. The fourth-order valence-corrected chi connectivity index (χ4v) is 4.51. The molecular weight excluding hydrogens is 458 g/mol. The molecule has 10 heteroatoms. The number of hydrogen-bond donors (Lipinski definition) is 3. The van der Waals surface area contributed by atoms with Gasteiger partial charge >= 0.3 is 6.09 Å². The molecule has 3 rings (SSSR count). The molecule has 3 aromatic carbocycles. The van der Waals surface area contributed by atoms with Gasteiger partial charge in [-0.1, -0.05) is 54.6 Å². The molecule has 34 heavy (non-hydrogen) atoms. The van der Waals surface area contributed by atoms with Crippen LogP contribution >= 0.6 is 0 Å². The summed E-state index contributed by atoms with van der Waals surface area (Å²) in [5, 5.41) is 11.4. The van der Waals surface area contributed by atoms with E-state index < -0.39 is 28.6 Å². The maximum absolute atomic E-state index is 13.2. The van der Waals surface area contributed by atoms with Crippen LogP contribution in [0.5, 0.6) is 0 Å². The lowest BCUT2D eigenvalue weighted by atomic mass is 10.1. The van der Waals surface area contributed by atoms with E-state index in [0.29, 0.717) is 5.69 Å². The molecule has 178 valence electrons. The van der Waals surface area contributed by atoms with E-state index in [9.17, 15) is 18.0 Å². The Balaban J connectivity index is 1.72. The van der Waals surface area contributed by atoms with Gasteiger partial charge in [-0.2, -0.15) is 4.31 Å². The van der Waals surface area contributed by atoms with Crippen molar-refractivity contribution in [3.8, 4) is 0 Å². The number of carbonyl (C=O) groups excluding carboxylic acids is 2. The van der Waals surface area contributed by atoms with Crippen molar-refractivity contribution < 1.29 is 28.0 Å². The summed E-state index contributed by atoms with van der Waals surface area (Å²) in [5.74, 6) is -0.864. The topological polar surface area (TPSA) is 125 Å². The van der Waals surface area contributed by atoms with Crippen molar-refractivity contribution in [3.63, 3.8) is 0 Å². The van der Waals surface area contributed by atoms with E-state index in [1.807, 2.05) is 49.4 Å². The van der Waals surface area contributed by atoms with E-state index in [4.69, 9.17) is 9.94 Å². The predicted molar refractivity (Wildman–Crippen MR) is 125 cm³/mol. The highest BCUT2D eigenvalue weighted by Gasteiger charge is 2.27. The van der Waals surface area contributed by atoms with Crippen LogP contribution in [0, 0.1) is 6.92 Å². The van der Waals surface area contributed by atoms with Crippen molar-refractivity contribution in [1.29, 1.82) is 0 Å². The van der Waals surface area contributed by atoms with Gasteiger partial charge < -0.3 is 4.74 Å². The fourth-order valence-electron chi connectivity index (χ4n) is 3.14. The van der Waals surface area contributed by atoms with Crippen LogP contribution in [-0.4, -0.2) is 36.5 Å². The van der Waals surface area contributed by atoms with Crippen molar-refractivity contribution in [2.45, 2.75) is 25.0 Å². The number of ether oxygens (including phenoxy) is 1. The molecule has 0 aliphatic heterocycles. The van der Waals surface area contributed by atoms with Crippen LogP contribution in [0.3, 0.4) is 0 Å². The van der Waals surface area contributed by atoms with Crippen molar-refractivity contribution >= 4 is 27.7 Å². The minimum Gasteiger partial charge on any atom is -0.444 e. The number of aryl methyl sites for hydroxylation is 1. The van der Waals surface area contributed by atoms with E-state index >= 15 is 0 Å². The number of carbonyl (C=O) groups is 2. The Kier molecular flexibility index (Phi) is 8.36. The Morgan fingerprint density at radius 1 is 0.941 bits per heavy atom. The van der Waals surface area contributed by atoms with Gasteiger partial charge in [-0.3, -0.25) is 15.3 Å². The zero-order valence-corrected chi connectivity index (χ0v) is 19.3. The maximum atomic E-state index is 13.2. The van der Waals surface area contributed by atoms with E-state index in [1.165, 1.54) is 29.7 Å². The van der Waals surface area contributed by atoms with Gasteiger partial charge in [0.05, 0.1) is 11.4 Å². The van der Waals surface area contributed by atoms with Gasteiger partial charge in [-0.05, 0) is 47.9 Å². The first kappa shape index (κ1) is 24.9. The second-order valence-corrected chi connectivity index (χ2v) is 9.38. The number of hydroxylamine groups is 1. The van der Waals surface area contributed by atoms with Crippen molar-refractivity contribution in [2.24, 2.45) is 0 Å². The average molecular weight is 484 g/mol. The van der Waals surface area contributed by atoms with Crippen LogP contribution in [0.2, 0.25) is 0 Å². The van der Waals surface area contributed by atoms with Crippen LogP contribution in [0.15, 0.2) is 83.8 Å². The third-order valence-electron chi connectivity index (χ3n) is 5.00. The second kappa shape index (κ2) is 11.4. The molecule has 0 aliphatic rings. The highest BCUT2D eigenvalue weighted by Crippen LogP contribution is 2.22. The first-order valence-electron chi connectivity index (χ1n) is 10.3. The zero-order chi connectivity index (χ0) is 24.6. The highest BCUT2D eigenvalue weighted by molar-refractivity contribution is 7.89. The summed E-state index contributed by atoms with van der Waals surface area (Å²) < 4.78 is 32.6. The average Bonchev–Trinajstić information content (AvgIpc) is 2.84. The van der Waals surface area contributed by atoms with Crippen molar-refractivity contribution in [3.05, 3.63) is 95.6 Å². The monoisotopic (exact) mass is 483 g/mol. The number of rotatable bonds is 9. The number of nitrogens with one attached hydrogen (secondary N) is 2. The summed E-state index contributed by atoms with van der Waals surface area (Å²) >= 11 is 0. The molecular formula is C24H25N3O6S. The summed E-state index contributed by atoms with van der Waals surface area (Å²) in [6.45, 7) is 1.30. The molecule has 0 spiro atoms. The molecule has 0 radical (unpaired) electrons. The lowest BCUT2D eigenvalue weighted by molar-refractivity contribution is -0.129. The molecule has 0 aliphatic carbocycles. The van der Waals surface area contributed by atoms with Crippen LogP contribution < -0.4 is 10.8 Å². The van der Waals surface area contributed by atoms with E-state index in [-0.39, 0.29) is 18.0 Å².